The first kappa shape index (κ1) is 23.3. The molecular formula is C26H27NO4S. The molecule has 5 nitrogen and oxygen atoms in total. The summed E-state index contributed by atoms with van der Waals surface area (Å²) in [5, 5.41) is 0. The van der Waals surface area contributed by atoms with Crippen molar-refractivity contribution in [2.75, 3.05) is 10.9 Å². The zero-order valence-electron chi connectivity index (χ0n) is 18.3. The Labute approximate surface area is 190 Å². The predicted octanol–water partition coefficient (Wildman–Crippen LogP) is 5.61. The molecule has 3 aromatic rings. The van der Waals surface area contributed by atoms with Gasteiger partial charge in [0.1, 0.15) is 5.75 Å². The lowest BCUT2D eigenvalue weighted by Gasteiger charge is -2.21. The number of nitrogens with zero attached hydrogens (tertiary/aromatic N) is 1. The summed E-state index contributed by atoms with van der Waals surface area (Å²) in [5.41, 5.74) is 2.02. The quantitative estimate of drug-likeness (QED) is 0.315. The third kappa shape index (κ3) is 5.86. The largest absolute Gasteiger partial charge is 0.494 e. The maximum absolute atomic E-state index is 13.3. The van der Waals surface area contributed by atoms with Crippen LogP contribution in [-0.2, 0) is 14.8 Å². The summed E-state index contributed by atoms with van der Waals surface area (Å²) in [6.45, 7) is 4.66. The molecule has 0 aliphatic carbocycles. The van der Waals surface area contributed by atoms with E-state index in [0.717, 1.165) is 34.0 Å². The average Bonchev–Trinajstić information content (AvgIpc) is 2.80. The SMILES string of the molecule is CCCCOc1ccc(/C=C/C(=O)N(c2ccc(C)cc2)S(=O)(=O)c2ccccc2)cc1. The van der Waals surface area contributed by atoms with E-state index in [-0.39, 0.29) is 10.6 Å². The van der Waals surface area contributed by atoms with Crippen molar-refractivity contribution in [3.05, 3.63) is 96.1 Å². The molecule has 0 radical (unpaired) electrons. The van der Waals surface area contributed by atoms with E-state index >= 15 is 0 Å². The second kappa shape index (κ2) is 10.8. The Morgan fingerprint density at radius 1 is 0.938 bits per heavy atom. The Morgan fingerprint density at radius 2 is 1.59 bits per heavy atom. The van der Waals surface area contributed by atoms with Crippen molar-refractivity contribution >= 4 is 27.7 Å². The zero-order valence-corrected chi connectivity index (χ0v) is 19.1. The summed E-state index contributed by atoms with van der Waals surface area (Å²) < 4.78 is 33.1. The average molecular weight is 450 g/mol. The number of anilines is 1. The first-order chi connectivity index (χ1) is 15.4. The van der Waals surface area contributed by atoms with Gasteiger partial charge in [-0.2, -0.15) is 4.31 Å². The van der Waals surface area contributed by atoms with Gasteiger partial charge in [0, 0.05) is 6.08 Å². The summed E-state index contributed by atoms with van der Waals surface area (Å²) >= 11 is 0. The van der Waals surface area contributed by atoms with Crippen LogP contribution in [0.4, 0.5) is 5.69 Å². The van der Waals surface area contributed by atoms with Crippen molar-refractivity contribution in [3.63, 3.8) is 0 Å². The van der Waals surface area contributed by atoms with Gasteiger partial charge in [0.25, 0.3) is 15.9 Å². The van der Waals surface area contributed by atoms with Gasteiger partial charge >= 0.3 is 0 Å². The molecule has 3 aromatic carbocycles. The molecular weight excluding hydrogens is 422 g/mol. The minimum atomic E-state index is -4.08. The van der Waals surface area contributed by atoms with Crippen molar-refractivity contribution in [2.45, 2.75) is 31.6 Å². The zero-order chi connectivity index (χ0) is 23.0. The van der Waals surface area contributed by atoms with E-state index in [9.17, 15) is 13.2 Å². The molecule has 0 fully saturated rings. The van der Waals surface area contributed by atoms with Gasteiger partial charge in [-0.15, -0.1) is 0 Å². The predicted molar refractivity (Wildman–Crippen MR) is 128 cm³/mol. The van der Waals surface area contributed by atoms with Gasteiger partial charge in [-0.25, -0.2) is 8.42 Å². The van der Waals surface area contributed by atoms with Gasteiger partial charge in [-0.05, 0) is 61.4 Å². The fourth-order valence-corrected chi connectivity index (χ4v) is 4.42. The lowest BCUT2D eigenvalue weighted by molar-refractivity contribution is -0.113. The van der Waals surface area contributed by atoms with Crippen molar-refractivity contribution in [2.24, 2.45) is 0 Å². The summed E-state index contributed by atoms with van der Waals surface area (Å²) in [5.74, 6) is 0.107. The van der Waals surface area contributed by atoms with Gasteiger partial charge in [-0.3, -0.25) is 4.79 Å². The van der Waals surface area contributed by atoms with Crippen molar-refractivity contribution in [1.82, 2.24) is 0 Å². The molecule has 0 bridgehead atoms. The maximum Gasteiger partial charge on any atom is 0.271 e. The van der Waals surface area contributed by atoms with Crippen LogP contribution in [0.2, 0.25) is 0 Å². The number of carbonyl (C=O) groups is 1. The molecule has 1 amide bonds. The number of amides is 1. The monoisotopic (exact) mass is 449 g/mol. The third-order valence-electron chi connectivity index (χ3n) is 4.82. The van der Waals surface area contributed by atoms with Crippen molar-refractivity contribution < 1.29 is 17.9 Å². The first-order valence-corrected chi connectivity index (χ1v) is 12.0. The molecule has 0 aliphatic heterocycles. The van der Waals surface area contributed by atoms with E-state index in [4.69, 9.17) is 4.74 Å². The Kier molecular flexibility index (Phi) is 7.84. The molecule has 3 rings (SSSR count). The molecule has 0 unspecified atom stereocenters. The van der Waals surface area contributed by atoms with E-state index in [1.165, 1.54) is 18.2 Å². The lowest BCUT2D eigenvalue weighted by Crippen LogP contribution is -2.35. The second-order valence-electron chi connectivity index (χ2n) is 7.36. The Morgan fingerprint density at radius 3 is 2.22 bits per heavy atom. The summed E-state index contributed by atoms with van der Waals surface area (Å²) in [4.78, 5) is 13.2. The number of hydrogen-bond acceptors (Lipinski definition) is 4. The number of unbranched alkanes of at least 4 members (excludes halogenated alkanes) is 1. The van der Waals surface area contributed by atoms with Gasteiger partial charge in [0.05, 0.1) is 17.2 Å². The number of rotatable bonds is 9. The molecule has 0 heterocycles. The molecule has 32 heavy (non-hydrogen) atoms. The summed E-state index contributed by atoms with van der Waals surface area (Å²) in [7, 11) is -4.08. The topological polar surface area (TPSA) is 63.7 Å². The van der Waals surface area contributed by atoms with E-state index < -0.39 is 15.9 Å². The highest BCUT2D eigenvalue weighted by molar-refractivity contribution is 7.93. The van der Waals surface area contributed by atoms with Crippen molar-refractivity contribution in [1.29, 1.82) is 0 Å². The molecule has 0 saturated carbocycles. The third-order valence-corrected chi connectivity index (χ3v) is 6.55. The standard InChI is InChI=1S/C26H27NO4S/c1-3-4-20-31-24-17-12-22(13-18-24)14-19-26(28)27(23-15-10-21(2)11-16-23)32(29,30)25-8-6-5-7-9-25/h5-19H,3-4,20H2,1-2H3/b19-14+. The molecule has 0 N–H and O–H groups in total. The van der Waals surface area contributed by atoms with Crippen LogP contribution >= 0.6 is 0 Å². The van der Waals surface area contributed by atoms with Gasteiger partial charge in [0.2, 0.25) is 0 Å². The number of carbonyl (C=O) groups excluding carboxylic acids is 1. The van der Waals surface area contributed by atoms with E-state index in [1.807, 2.05) is 31.2 Å². The Bertz CT molecular complexity index is 1150. The summed E-state index contributed by atoms with van der Waals surface area (Å²) in [6.07, 6.45) is 4.92. The smallest absolute Gasteiger partial charge is 0.271 e. The highest BCUT2D eigenvalue weighted by Crippen LogP contribution is 2.25. The first-order valence-electron chi connectivity index (χ1n) is 10.5. The lowest BCUT2D eigenvalue weighted by atomic mass is 10.2. The maximum atomic E-state index is 13.3. The van der Waals surface area contributed by atoms with Crippen LogP contribution in [0.15, 0.2) is 89.8 Å². The van der Waals surface area contributed by atoms with Crippen LogP contribution in [0, 0.1) is 6.92 Å². The molecule has 0 saturated heterocycles. The van der Waals surface area contributed by atoms with E-state index in [1.54, 1.807) is 48.5 Å². The second-order valence-corrected chi connectivity index (χ2v) is 9.15. The Balaban J connectivity index is 1.87. The molecule has 166 valence electrons. The molecule has 0 aromatic heterocycles. The van der Waals surface area contributed by atoms with Crippen LogP contribution in [0.3, 0.4) is 0 Å². The van der Waals surface area contributed by atoms with Crippen LogP contribution in [0.25, 0.3) is 6.08 Å². The van der Waals surface area contributed by atoms with Gasteiger partial charge in [-0.1, -0.05) is 61.4 Å². The number of benzene rings is 3. The minimum Gasteiger partial charge on any atom is -0.494 e. The number of hydrogen-bond donors (Lipinski definition) is 0. The van der Waals surface area contributed by atoms with Crippen LogP contribution < -0.4 is 9.04 Å². The van der Waals surface area contributed by atoms with Gasteiger partial charge < -0.3 is 4.74 Å². The fraction of sp³-hybridized carbons (Fsp3) is 0.192. The van der Waals surface area contributed by atoms with Crippen LogP contribution in [0.1, 0.15) is 30.9 Å². The summed E-state index contributed by atoms with van der Waals surface area (Å²) in [6, 6.07) is 22.1. The van der Waals surface area contributed by atoms with Crippen molar-refractivity contribution in [3.8, 4) is 5.75 Å². The Hall–Kier alpha value is -3.38. The van der Waals surface area contributed by atoms with E-state index in [2.05, 4.69) is 6.92 Å². The molecule has 0 atom stereocenters. The van der Waals surface area contributed by atoms with Crippen LogP contribution in [0.5, 0.6) is 5.75 Å². The fourth-order valence-electron chi connectivity index (χ4n) is 3.01. The molecule has 6 heteroatoms. The normalized spacial score (nSPS) is 11.4. The highest BCUT2D eigenvalue weighted by Gasteiger charge is 2.29. The number of ether oxygens (including phenoxy) is 1. The van der Waals surface area contributed by atoms with E-state index in [0.29, 0.717) is 6.61 Å². The number of aryl methyl sites for hydroxylation is 1. The minimum absolute atomic E-state index is 0.0518. The molecule has 0 spiro atoms. The van der Waals surface area contributed by atoms with Crippen LogP contribution in [-0.4, -0.2) is 20.9 Å². The number of sulfonamides is 1. The van der Waals surface area contributed by atoms with Gasteiger partial charge in [0.15, 0.2) is 0 Å². The molecule has 0 aliphatic rings. The highest BCUT2D eigenvalue weighted by atomic mass is 32.2.